The lowest BCUT2D eigenvalue weighted by atomic mass is 9.79. The van der Waals surface area contributed by atoms with Gasteiger partial charge in [0.25, 0.3) is 0 Å². The summed E-state index contributed by atoms with van der Waals surface area (Å²) < 4.78 is 5.28. The van der Waals surface area contributed by atoms with Gasteiger partial charge in [-0.25, -0.2) is 0 Å². The molecule has 3 heteroatoms. The van der Waals surface area contributed by atoms with Crippen LogP contribution >= 0.6 is 0 Å². The van der Waals surface area contributed by atoms with Gasteiger partial charge in [-0.05, 0) is 58.2 Å². The maximum atomic E-state index is 5.28. The van der Waals surface area contributed by atoms with Gasteiger partial charge in [-0.2, -0.15) is 0 Å². The molecule has 1 aromatic carbocycles. The fraction of sp³-hybridized carbons (Fsp3) is 0.647. The van der Waals surface area contributed by atoms with Crippen LogP contribution in [0, 0.1) is 0 Å². The fourth-order valence-corrected chi connectivity index (χ4v) is 3.51. The lowest BCUT2D eigenvalue weighted by Crippen LogP contribution is -2.61. The van der Waals surface area contributed by atoms with E-state index >= 15 is 0 Å². The summed E-state index contributed by atoms with van der Waals surface area (Å²) in [6.45, 7) is 10.0. The van der Waals surface area contributed by atoms with Gasteiger partial charge >= 0.3 is 0 Å². The standard InChI is InChI=1S/C17H28N2O/c1-16(2)10-14(11-17(3,4)19-16)18-12-13-7-6-8-15(9-13)20-5/h6-9,14,18-19H,10-12H2,1-5H3. The van der Waals surface area contributed by atoms with Crippen LogP contribution in [-0.2, 0) is 6.54 Å². The number of hydrogen-bond donors (Lipinski definition) is 2. The molecule has 0 atom stereocenters. The molecule has 1 aromatic rings. The second-order valence-corrected chi connectivity index (χ2v) is 7.23. The van der Waals surface area contributed by atoms with Crippen LogP contribution in [0.2, 0.25) is 0 Å². The molecule has 1 fully saturated rings. The van der Waals surface area contributed by atoms with Crippen molar-refractivity contribution in [2.45, 2.75) is 64.2 Å². The molecular formula is C17H28N2O. The second-order valence-electron chi connectivity index (χ2n) is 7.23. The monoisotopic (exact) mass is 276 g/mol. The topological polar surface area (TPSA) is 33.3 Å². The summed E-state index contributed by atoms with van der Waals surface area (Å²) in [7, 11) is 1.71. The Kier molecular flexibility index (Phi) is 4.40. The van der Waals surface area contributed by atoms with Crippen LogP contribution in [0.1, 0.15) is 46.1 Å². The molecule has 0 unspecified atom stereocenters. The van der Waals surface area contributed by atoms with Gasteiger partial charge in [0.05, 0.1) is 7.11 Å². The van der Waals surface area contributed by atoms with Crippen molar-refractivity contribution in [1.29, 1.82) is 0 Å². The predicted octanol–water partition coefficient (Wildman–Crippen LogP) is 3.09. The summed E-state index contributed by atoms with van der Waals surface area (Å²) in [5, 5.41) is 7.42. The first kappa shape index (κ1) is 15.3. The SMILES string of the molecule is COc1cccc(CNC2CC(C)(C)NC(C)(C)C2)c1. The van der Waals surface area contributed by atoms with Gasteiger partial charge in [-0.15, -0.1) is 0 Å². The number of nitrogens with one attached hydrogen (secondary N) is 2. The average molecular weight is 276 g/mol. The van der Waals surface area contributed by atoms with Gasteiger partial charge in [0.1, 0.15) is 5.75 Å². The van der Waals surface area contributed by atoms with Crippen LogP contribution in [0.4, 0.5) is 0 Å². The Morgan fingerprint density at radius 1 is 1.20 bits per heavy atom. The minimum Gasteiger partial charge on any atom is -0.497 e. The van der Waals surface area contributed by atoms with E-state index in [4.69, 9.17) is 4.74 Å². The van der Waals surface area contributed by atoms with Crippen molar-refractivity contribution in [3.05, 3.63) is 29.8 Å². The number of benzene rings is 1. The van der Waals surface area contributed by atoms with E-state index in [9.17, 15) is 0 Å². The highest BCUT2D eigenvalue weighted by atomic mass is 16.5. The van der Waals surface area contributed by atoms with Crippen molar-refractivity contribution in [1.82, 2.24) is 10.6 Å². The van der Waals surface area contributed by atoms with E-state index in [1.165, 1.54) is 5.56 Å². The Morgan fingerprint density at radius 2 is 1.85 bits per heavy atom. The van der Waals surface area contributed by atoms with Gasteiger partial charge in [0.2, 0.25) is 0 Å². The Labute approximate surface area is 123 Å². The summed E-state index contributed by atoms with van der Waals surface area (Å²) in [5.74, 6) is 0.926. The molecule has 1 aliphatic heterocycles. The van der Waals surface area contributed by atoms with Crippen LogP contribution in [0.15, 0.2) is 24.3 Å². The highest BCUT2D eigenvalue weighted by Gasteiger charge is 2.37. The van der Waals surface area contributed by atoms with Crippen LogP contribution < -0.4 is 15.4 Å². The molecule has 20 heavy (non-hydrogen) atoms. The van der Waals surface area contributed by atoms with Crippen LogP contribution in [0.3, 0.4) is 0 Å². The van der Waals surface area contributed by atoms with Crippen LogP contribution in [-0.4, -0.2) is 24.2 Å². The van der Waals surface area contributed by atoms with Gasteiger partial charge in [-0.1, -0.05) is 12.1 Å². The highest BCUT2D eigenvalue weighted by molar-refractivity contribution is 5.28. The molecule has 0 saturated carbocycles. The molecular weight excluding hydrogens is 248 g/mol. The lowest BCUT2D eigenvalue weighted by molar-refractivity contribution is 0.145. The van der Waals surface area contributed by atoms with Crippen LogP contribution in [0.25, 0.3) is 0 Å². The van der Waals surface area contributed by atoms with Crippen LogP contribution in [0.5, 0.6) is 5.75 Å². The zero-order valence-corrected chi connectivity index (χ0v) is 13.4. The van der Waals surface area contributed by atoms with E-state index in [1.807, 2.05) is 12.1 Å². The van der Waals surface area contributed by atoms with E-state index in [1.54, 1.807) is 7.11 Å². The number of ether oxygens (including phenoxy) is 1. The number of rotatable bonds is 4. The molecule has 1 saturated heterocycles. The zero-order chi connectivity index (χ0) is 14.8. The molecule has 3 nitrogen and oxygen atoms in total. The molecule has 2 rings (SSSR count). The van der Waals surface area contributed by atoms with Crippen molar-refractivity contribution < 1.29 is 4.74 Å². The Balaban J connectivity index is 1.96. The molecule has 1 heterocycles. The van der Waals surface area contributed by atoms with E-state index in [0.29, 0.717) is 6.04 Å². The second kappa shape index (κ2) is 5.74. The fourth-order valence-electron chi connectivity index (χ4n) is 3.51. The number of methoxy groups -OCH3 is 1. The Bertz CT molecular complexity index is 438. The third-order valence-corrected chi connectivity index (χ3v) is 3.92. The quantitative estimate of drug-likeness (QED) is 0.886. The maximum absolute atomic E-state index is 5.28. The van der Waals surface area contributed by atoms with Crippen molar-refractivity contribution in [3.63, 3.8) is 0 Å². The minimum absolute atomic E-state index is 0.188. The first-order valence-electron chi connectivity index (χ1n) is 7.45. The third kappa shape index (κ3) is 4.22. The van der Waals surface area contributed by atoms with E-state index in [0.717, 1.165) is 25.1 Å². The molecule has 0 bridgehead atoms. The molecule has 0 aromatic heterocycles. The normalized spacial score (nSPS) is 21.6. The highest BCUT2D eigenvalue weighted by Crippen LogP contribution is 2.28. The first-order chi connectivity index (χ1) is 9.30. The largest absolute Gasteiger partial charge is 0.497 e. The van der Waals surface area contributed by atoms with Gasteiger partial charge in [0.15, 0.2) is 0 Å². The number of piperidine rings is 1. The predicted molar refractivity (Wildman–Crippen MR) is 84.1 cm³/mol. The van der Waals surface area contributed by atoms with E-state index < -0.39 is 0 Å². The minimum atomic E-state index is 0.188. The van der Waals surface area contributed by atoms with Gasteiger partial charge < -0.3 is 15.4 Å². The molecule has 112 valence electrons. The summed E-state index contributed by atoms with van der Waals surface area (Å²) in [5.41, 5.74) is 1.65. The van der Waals surface area contributed by atoms with Crippen molar-refractivity contribution in [3.8, 4) is 5.75 Å². The summed E-state index contributed by atoms with van der Waals surface area (Å²) >= 11 is 0. The van der Waals surface area contributed by atoms with Crippen molar-refractivity contribution >= 4 is 0 Å². The van der Waals surface area contributed by atoms with Crippen molar-refractivity contribution in [2.75, 3.05) is 7.11 Å². The maximum Gasteiger partial charge on any atom is 0.119 e. The summed E-state index contributed by atoms with van der Waals surface area (Å²) in [4.78, 5) is 0. The average Bonchev–Trinajstić information content (AvgIpc) is 2.33. The molecule has 1 aliphatic rings. The summed E-state index contributed by atoms with van der Waals surface area (Å²) in [6.07, 6.45) is 2.31. The van der Waals surface area contributed by atoms with Gasteiger partial charge in [0, 0.05) is 23.7 Å². The molecule has 2 N–H and O–H groups in total. The lowest BCUT2D eigenvalue weighted by Gasteiger charge is -2.46. The Morgan fingerprint density at radius 3 is 2.45 bits per heavy atom. The Hall–Kier alpha value is -1.06. The third-order valence-electron chi connectivity index (χ3n) is 3.92. The van der Waals surface area contributed by atoms with E-state index in [2.05, 4.69) is 50.5 Å². The summed E-state index contributed by atoms with van der Waals surface area (Å²) in [6, 6.07) is 8.83. The van der Waals surface area contributed by atoms with E-state index in [-0.39, 0.29) is 11.1 Å². The number of hydrogen-bond acceptors (Lipinski definition) is 3. The molecule has 0 spiro atoms. The molecule has 0 radical (unpaired) electrons. The molecule has 0 amide bonds. The smallest absolute Gasteiger partial charge is 0.119 e. The first-order valence-corrected chi connectivity index (χ1v) is 7.45. The molecule has 0 aliphatic carbocycles. The van der Waals surface area contributed by atoms with Gasteiger partial charge in [-0.3, -0.25) is 0 Å². The zero-order valence-electron chi connectivity index (χ0n) is 13.4. The van der Waals surface area contributed by atoms with Crippen molar-refractivity contribution in [2.24, 2.45) is 0 Å².